The van der Waals surface area contributed by atoms with E-state index in [-0.39, 0.29) is 12.0 Å². The van der Waals surface area contributed by atoms with E-state index >= 15 is 0 Å². The standard InChI is InChI=1S/C11H14O3S.C7H8/c1-8-10-6-4-3-5-9(10)7-11(8)14-15(2,12)13;1-7-5-3-2-4-6-7/h3-6,8,11H,7H2,1-2H3;2-6H,1H3/t8-,11+;/m0./s1. The summed E-state index contributed by atoms with van der Waals surface area (Å²) < 4.78 is 27.2. The van der Waals surface area contributed by atoms with E-state index in [1.54, 1.807) is 0 Å². The average molecular weight is 318 g/mol. The zero-order valence-corrected chi connectivity index (χ0v) is 14.0. The molecule has 0 saturated carbocycles. The maximum atomic E-state index is 11.1. The summed E-state index contributed by atoms with van der Waals surface area (Å²) >= 11 is 0. The van der Waals surface area contributed by atoms with Gasteiger partial charge in [-0.15, -0.1) is 0 Å². The van der Waals surface area contributed by atoms with E-state index in [4.69, 9.17) is 4.18 Å². The molecule has 22 heavy (non-hydrogen) atoms. The molecule has 0 bridgehead atoms. The quantitative estimate of drug-likeness (QED) is 0.793. The third-order valence-corrected chi connectivity index (χ3v) is 4.36. The monoisotopic (exact) mass is 318 g/mol. The zero-order chi connectivity index (χ0) is 16.2. The highest BCUT2D eigenvalue weighted by Crippen LogP contribution is 2.35. The van der Waals surface area contributed by atoms with Crippen LogP contribution in [0.15, 0.2) is 54.6 Å². The first kappa shape index (κ1) is 16.7. The molecule has 0 heterocycles. The Hall–Kier alpha value is -1.65. The Morgan fingerprint density at radius 2 is 1.59 bits per heavy atom. The third kappa shape index (κ3) is 4.68. The Morgan fingerprint density at radius 1 is 1.00 bits per heavy atom. The molecule has 3 rings (SSSR count). The number of rotatable bonds is 2. The molecule has 0 unspecified atom stereocenters. The van der Waals surface area contributed by atoms with Crippen LogP contribution in [0.2, 0.25) is 0 Å². The molecular weight excluding hydrogens is 296 g/mol. The first-order chi connectivity index (χ1) is 10.4. The Bertz CT molecular complexity index is 708. The van der Waals surface area contributed by atoms with Crippen molar-refractivity contribution >= 4 is 10.1 Å². The van der Waals surface area contributed by atoms with E-state index in [0.29, 0.717) is 6.42 Å². The molecule has 2 atom stereocenters. The summed E-state index contributed by atoms with van der Waals surface area (Å²) in [6.07, 6.45) is 1.55. The van der Waals surface area contributed by atoms with Crippen LogP contribution in [0.4, 0.5) is 0 Å². The highest BCUT2D eigenvalue weighted by molar-refractivity contribution is 7.86. The summed E-state index contributed by atoms with van der Waals surface area (Å²) in [5, 5.41) is 0. The van der Waals surface area contributed by atoms with Crippen LogP contribution < -0.4 is 0 Å². The largest absolute Gasteiger partial charge is 0.266 e. The van der Waals surface area contributed by atoms with Crippen molar-refractivity contribution in [2.24, 2.45) is 0 Å². The van der Waals surface area contributed by atoms with E-state index in [0.717, 1.165) is 6.26 Å². The minimum Gasteiger partial charge on any atom is -0.266 e. The maximum Gasteiger partial charge on any atom is 0.264 e. The first-order valence-corrected chi connectivity index (χ1v) is 9.16. The van der Waals surface area contributed by atoms with Crippen molar-refractivity contribution in [1.82, 2.24) is 0 Å². The van der Waals surface area contributed by atoms with Crippen LogP contribution in [0.1, 0.15) is 29.5 Å². The predicted molar refractivity (Wildman–Crippen MR) is 89.5 cm³/mol. The summed E-state index contributed by atoms with van der Waals surface area (Å²) in [4.78, 5) is 0. The fraction of sp³-hybridized carbons (Fsp3) is 0.333. The van der Waals surface area contributed by atoms with Crippen LogP contribution in [0.25, 0.3) is 0 Å². The lowest BCUT2D eigenvalue weighted by Crippen LogP contribution is -2.20. The predicted octanol–water partition coefficient (Wildman–Crippen LogP) is 3.69. The average Bonchev–Trinajstić information content (AvgIpc) is 2.76. The molecule has 0 N–H and O–H groups in total. The summed E-state index contributed by atoms with van der Waals surface area (Å²) in [7, 11) is -3.36. The molecule has 0 aliphatic heterocycles. The summed E-state index contributed by atoms with van der Waals surface area (Å²) in [6, 6.07) is 18.3. The zero-order valence-electron chi connectivity index (χ0n) is 13.2. The van der Waals surface area contributed by atoms with E-state index < -0.39 is 10.1 Å². The van der Waals surface area contributed by atoms with Crippen molar-refractivity contribution in [3.63, 3.8) is 0 Å². The second kappa shape index (κ2) is 7.07. The van der Waals surface area contributed by atoms with Crippen molar-refractivity contribution in [1.29, 1.82) is 0 Å². The van der Waals surface area contributed by atoms with E-state index in [2.05, 4.69) is 19.1 Å². The molecule has 0 amide bonds. The molecule has 2 aromatic carbocycles. The first-order valence-electron chi connectivity index (χ1n) is 7.34. The Balaban J connectivity index is 0.000000211. The second-order valence-corrected chi connectivity index (χ2v) is 7.29. The highest BCUT2D eigenvalue weighted by Gasteiger charge is 2.31. The lowest BCUT2D eigenvalue weighted by molar-refractivity contribution is 0.199. The Labute approximate surface area is 133 Å². The van der Waals surface area contributed by atoms with Gasteiger partial charge in [-0.05, 0) is 18.1 Å². The van der Waals surface area contributed by atoms with Gasteiger partial charge in [-0.2, -0.15) is 8.42 Å². The second-order valence-electron chi connectivity index (χ2n) is 5.69. The number of hydrogen-bond acceptors (Lipinski definition) is 3. The minimum absolute atomic E-state index is 0.149. The van der Waals surface area contributed by atoms with Gasteiger partial charge in [0.05, 0.1) is 12.4 Å². The van der Waals surface area contributed by atoms with Gasteiger partial charge < -0.3 is 0 Å². The van der Waals surface area contributed by atoms with Gasteiger partial charge in [-0.3, -0.25) is 4.18 Å². The number of benzene rings is 2. The van der Waals surface area contributed by atoms with Gasteiger partial charge in [-0.1, -0.05) is 67.1 Å². The van der Waals surface area contributed by atoms with Gasteiger partial charge in [0.2, 0.25) is 0 Å². The molecule has 2 aromatic rings. The molecular formula is C18H22O3S. The van der Waals surface area contributed by atoms with Gasteiger partial charge in [0.15, 0.2) is 0 Å². The third-order valence-electron chi connectivity index (χ3n) is 3.76. The number of fused-ring (bicyclic) bond motifs is 1. The SMILES string of the molecule is C[C@H]1c2ccccc2C[C@H]1OS(C)(=O)=O.Cc1ccccc1. The van der Waals surface area contributed by atoms with E-state index in [9.17, 15) is 8.42 Å². The molecule has 0 saturated heterocycles. The van der Waals surface area contributed by atoms with Crippen LogP contribution in [0, 0.1) is 6.92 Å². The van der Waals surface area contributed by atoms with Crippen LogP contribution in [-0.4, -0.2) is 20.8 Å². The molecule has 4 heteroatoms. The summed E-state index contributed by atoms with van der Waals surface area (Å²) in [5.74, 6) is 0.149. The number of aryl methyl sites for hydroxylation is 1. The number of hydrogen-bond donors (Lipinski definition) is 0. The normalized spacial score (nSPS) is 20.0. The van der Waals surface area contributed by atoms with Gasteiger partial charge in [0.1, 0.15) is 0 Å². The Kier molecular flexibility index (Phi) is 5.37. The molecule has 0 spiro atoms. The lowest BCUT2D eigenvalue weighted by Gasteiger charge is -2.14. The van der Waals surface area contributed by atoms with Crippen LogP contribution in [0.5, 0.6) is 0 Å². The van der Waals surface area contributed by atoms with Gasteiger partial charge in [0, 0.05) is 12.3 Å². The van der Waals surface area contributed by atoms with Crippen molar-refractivity contribution in [3.8, 4) is 0 Å². The summed E-state index contributed by atoms with van der Waals surface area (Å²) in [5.41, 5.74) is 3.72. The lowest BCUT2D eigenvalue weighted by atomic mass is 10.0. The molecule has 118 valence electrons. The Morgan fingerprint density at radius 3 is 2.09 bits per heavy atom. The van der Waals surface area contributed by atoms with Crippen LogP contribution >= 0.6 is 0 Å². The summed E-state index contributed by atoms with van der Waals surface area (Å²) in [6.45, 7) is 4.08. The molecule has 1 aliphatic carbocycles. The minimum atomic E-state index is -3.36. The molecule has 1 aliphatic rings. The van der Waals surface area contributed by atoms with Gasteiger partial charge in [-0.25, -0.2) is 0 Å². The maximum absolute atomic E-state index is 11.1. The van der Waals surface area contributed by atoms with Gasteiger partial charge in [0.25, 0.3) is 10.1 Å². The van der Waals surface area contributed by atoms with E-state index in [1.165, 1.54) is 16.7 Å². The highest BCUT2D eigenvalue weighted by atomic mass is 32.2. The van der Waals surface area contributed by atoms with Gasteiger partial charge >= 0.3 is 0 Å². The molecule has 0 aromatic heterocycles. The molecule has 0 radical (unpaired) electrons. The fourth-order valence-electron chi connectivity index (χ4n) is 2.63. The van der Waals surface area contributed by atoms with Crippen LogP contribution in [-0.2, 0) is 20.7 Å². The molecule has 3 nitrogen and oxygen atoms in total. The van der Waals surface area contributed by atoms with Crippen LogP contribution in [0.3, 0.4) is 0 Å². The topological polar surface area (TPSA) is 43.4 Å². The smallest absolute Gasteiger partial charge is 0.264 e. The van der Waals surface area contributed by atoms with E-state index in [1.807, 2.05) is 49.4 Å². The van der Waals surface area contributed by atoms with Crippen molar-refractivity contribution in [3.05, 3.63) is 71.3 Å². The van der Waals surface area contributed by atoms with Crippen molar-refractivity contribution in [2.75, 3.05) is 6.26 Å². The van der Waals surface area contributed by atoms with Crippen molar-refractivity contribution in [2.45, 2.75) is 32.3 Å². The van der Waals surface area contributed by atoms with Crippen molar-refractivity contribution < 1.29 is 12.6 Å². The molecule has 0 fully saturated rings. The fourth-order valence-corrected chi connectivity index (χ4v) is 3.32.